The van der Waals surface area contributed by atoms with E-state index in [-0.39, 0.29) is 24.3 Å². The number of nitrogens with one attached hydrogen (secondary N) is 2. The lowest BCUT2D eigenvalue weighted by atomic mass is 10.1. The van der Waals surface area contributed by atoms with Gasteiger partial charge in [0, 0.05) is 22.2 Å². The molecule has 1 aromatic carbocycles. The number of rotatable bonds is 7. The zero-order valence-corrected chi connectivity index (χ0v) is 17.4. The number of thiazole rings is 1. The van der Waals surface area contributed by atoms with Crippen molar-refractivity contribution in [2.45, 2.75) is 26.3 Å². The molecule has 0 aliphatic rings. The van der Waals surface area contributed by atoms with Gasteiger partial charge in [-0.2, -0.15) is 0 Å². The molecule has 0 fully saturated rings. The number of thiophene rings is 1. The summed E-state index contributed by atoms with van der Waals surface area (Å²) in [6, 6.07) is 11.1. The minimum absolute atomic E-state index is 0.149. The number of carbonyl (C=O) groups is 2. The quantitative estimate of drug-likeness (QED) is 0.600. The molecule has 0 radical (unpaired) electrons. The van der Waals surface area contributed by atoms with Gasteiger partial charge in [-0.05, 0) is 42.6 Å². The van der Waals surface area contributed by atoms with E-state index in [1.807, 2.05) is 48.7 Å². The molecule has 0 aliphatic heterocycles. The third-order valence-corrected chi connectivity index (χ3v) is 5.93. The molecule has 2 heterocycles. The Labute approximate surface area is 171 Å². The first-order valence-electron chi connectivity index (χ1n) is 8.68. The average Bonchev–Trinajstić information content (AvgIpc) is 3.31. The number of hydrogen-bond acceptors (Lipinski definition) is 6. The van der Waals surface area contributed by atoms with Crippen molar-refractivity contribution in [3.63, 3.8) is 0 Å². The van der Waals surface area contributed by atoms with Crippen molar-refractivity contribution in [3.05, 3.63) is 51.5 Å². The van der Waals surface area contributed by atoms with Gasteiger partial charge in [-0.3, -0.25) is 9.59 Å². The fourth-order valence-electron chi connectivity index (χ4n) is 2.78. The number of aryl methyl sites for hydroxylation is 1. The Morgan fingerprint density at radius 2 is 1.96 bits per heavy atom. The van der Waals surface area contributed by atoms with E-state index in [0.717, 1.165) is 26.8 Å². The number of benzene rings is 1. The normalized spacial score (nSPS) is 11.7. The highest BCUT2D eigenvalue weighted by molar-refractivity contribution is 7.16. The zero-order chi connectivity index (χ0) is 20.1. The summed E-state index contributed by atoms with van der Waals surface area (Å²) >= 11 is 2.94. The zero-order valence-electron chi connectivity index (χ0n) is 15.8. The Hall–Kier alpha value is -2.71. The van der Waals surface area contributed by atoms with Crippen LogP contribution in [0.25, 0.3) is 11.3 Å². The van der Waals surface area contributed by atoms with Crippen molar-refractivity contribution in [3.8, 4) is 17.0 Å². The summed E-state index contributed by atoms with van der Waals surface area (Å²) in [6.07, 6.45) is 0.149. The second-order valence-electron chi connectivity index (χ2n) is 6.17. The minimum Gasteiger partial charge on any atom is -0.497 e. The van der Waals surface area contributed by atoms with Crippen molar-refractivity contribution in [2.24, 2.45) is 0 Å². The molecule has 0 aliphatic carbocycles. The van der Waals surface area contributed by atoms with E-state index in [4.69, 9.17) is 4.74 Å². The molecule has 8 heteroatoms. The summed E-state index contributed by atoms with van der Waals surface area (Å²) in [5.74, 6) is 0.419. The van der Waals surface area contributed by atoms with Gasteiger partial charge in [0.2, 0.25) is 11.8 Å². The van der Waals surface area contributed by atoms with Crippen molar-refractivity contribution >= 4 is 39.6 Å². The maximum atomic E-state index is 12.5. The van der Waals surface area contributed by atoms with Gasteiger partial charge < -0.3 is 15.4 Å². The lowest BCUT2D eigenvalue weighted by Crippen LogP contribution is -2.29. The molecular weight excluding hydrogens is 394 g/mol. The molecule has 0 bridgehead atoms. The molecule has 3 rings (SSSR count). The van der Waals surface area contributed by atoms with Gasteiger partial charge in [0.25, 0.3) is 0 Å². The number of methoxy groups -OCH3 is 1. The van der Waals surface area contributed by atoms with Crippen molar-refractivity contribution in [2.75, 3.05) is 12.4 Å². The molecule has 2 N–H and O–H groups in total. The minimum atomic E-state index is -0.348. The van der Waals surface area contributed by atoms with Crippen molar-refractivity contribution < 1.29 is 14.3 Å². The van der Waals surface area contributed by atoms with E-state index >= 15 is 0 Å². The summed E-state index contributed by atoms with van der Waals surface area (Å²) in [6.45, 7) is 3.42. The highest BCUT2D eigenvalue weighted by atomic mass is 32.1. The van der Waals surface area contributed by atoms with Crippen LogP contribution in [0, 0.1) is 6.92 Å². The summed E-state index contributed by atoms with van der Waals surface area (Å²) in [5, 5.41) is 8.16. The Morgan fingerprint density at radius 1 is 1.21 bits per heavy atom. The van der Waals surface area contributed by atoms with Crippen LogP contribution >= 0.6 is 22.7 Å². The number of carbonyl (C=O) groups excluding carboxylic acids is 2. The van der Waals surface area contributed by atoms with Gasteiger partial charge in [0.05, 0.1) is 25.3 Å². The van der Waals surface area contributed by atoms with Crippen LogP contribution in [-0.4, -0.2) is 23.9 Å². The molecule has 2 amide bonds. The maximum Gasteiger partial charge on any atom is 0.228 e. The van der Waals surface area contributed by atoms with E-state index in [2.05, 4.69) is 15.6 Å². The molecule has 28 heavy (non-hydrogen) atoms. The molecule has 3 aromatic rings. The van der Waals surface area contributed by atoms with Gasteiger partial charge in [-0.1, -0.05) is 6.07 Å². The van der Waals surface area contributed by atoms with Crippen molar-refractivity contribution in [1.29, 1.82) is 0 Å². The monoisotopic (exact) mass is 415 g/mol. The highest BCUT2D eigenvalue weighted by Gasteiger charge is 2.19. The van der Waals surface area contributed by atoms with Gasteiger partial charge >= 0.3 is 0 Å². The standard InChI is InChI=1S/C20H21N3O3S2/c1-12-19(14-6-8-15(26-3)9-7-14)23-20(28-12)22-18(25)11-16(21-13(2)24)17-5-4-10-27-17/h4-10,16H,11H2,1-3H3,(H,21,24)(H,22,23,25)/t16-/m0/s1. The van der Waals surface area contributed by atoms with E-state index in [1.54, 1.807) is 7.11 Å². The van der Waals surface area contributed by atoms with Crippen LogP contribution < -0.4 is 15.4 Å². The number of ether oxygens (including phenoxy) is 1. The van der Waals surface area contributed by atoms with Crippen LogP contribution in [0.1, 0.15) is 29.1 Å². The summed E-state index contributed by atoms with van der Waals surface area (Å²) in [7, 11) is 1.63. The molecular formula is C20H21N3O3S2. The Kier molecular flexibility index (Phi) is 6.43. The highest BCUT2D eigenvalue weighted by Crippen LogP contribution is 2.31. The SMILES string of the molecule is COc1ccc(-c2nc(NC(=O)C[C@H](NC(C)=O)c3cccs3)sc2C)cc1. The van der Waals surface area contributed by atoms with Crippen LogP contribution in [-0.2, 0) is 9.59 Å². The third-order valence-electron chi connectivity index (χ3n) is 4.06. The first-order valence-corrected chi connectivity index (χ1v) is 10.4. The number of anilines is 1. The largest absolute Gasteiger partial charge is 0.497 e. The Bertz CT molecular complexity index is 950. The lowest BCUT2D eigenvalue weighted by molar-refractivity contribution is -0.120. The number of aromatic nitrogens is 1. The van der Waals surface area contributed by atoms with Gasteiger partial charge in [0.1, 0.15) is 5.75 Å². The van der Waals surface area contributed by atoms with E-state index in [0.29, 0.717) is 5.13 Å². The van der Waals surface area contributed by atoms with E-state index in [9.17, 15) is 9.59 Å². The Morgan fingerprint density at radius 3 is 2.57 bits per heavy atom. The smallest absolute Gasteiger partial charge is 0.228 e. The molecule has 0 unspecified atom stereocenters. The Balaban J connectivity index is 1.70. The van der Waals surface area contributed by atoms with Crippen LogP contribution in [0.5, 0.6) is 5.75 Å². The first kappa shape index (κ1) is 20.0. The molecule has 6 nitrogen and oxygen atoms in total. The number of hydrogen-bond donors (Lipinski definition) is 2. The summed E-state index contributed by atoms with van der Waals surface area (Å²) in [4.78, 5) is 30.5. The van der Waals surface area contributed by atoms with Gasteiger partial charge in [0.15, 0.2) is 5.13 Å². The molecule has 0 spiro atoms. The first-order chi connectivity index (χ1) is 13.5. The predicted octanol–water partition coefficient (Wildman–Crippen LogP) is 4.39. The second-order valence-corrected chi connectivity index (χ2v) is 8.36. The topological polar surface area (TPSA) is 80.3 Å². The summed E-state index contributed by atoms with van der Waals surface area (Å²) < 4.78 is 5.18. The number of amides is 2. The molecule has 1 atom stereocenters. The van der Waals surface area contributed by atoms with Crippen LogP contribution in [0.3, 0.4) is 0 Å². The fourth-order valence-corrected chi connectivity index (χ4v) is 4.41. The van der Waals surface area contributed by atoms with Gasteiger partial charge in [-0.25, -0.2) is 4.98 Å². The van der Waals surface area contributed by atoms with E-state index < -0.39 is 0 Å². The predicted molar refractivity (Wildman–Crippen MR) is 113 cm³/mol. The molecule has 2 aromatic heterocycles. The van der Waals surface area contributed by atoms with Crippen LogP contribution in [0.2, 0.25) is 0 Å². The van der Waals surface area contributed by atoms with Gasteiger partial charge in [-0.15, -0.1) is 22.7 Å². The molecule has 0 saturated carbocycles. The third kappa shape index (κ3) is 4.96. The van der Waals surface area contributed by atoms with Crippen molar-refractivity contribution in [1.82, 2.24) is 10.3 Å². The maximum absolute atomic E-state index is 12.5. The molecule has 0 saturated heterocycles. The summed E-state index contributed by atoms with van der Waals surface area (Å²) in [5.41, 5.74) is 1.80. The molecule has 146 valence electrons. The fraction of sp³-hybridized carbons (Fsp3) is 0.250. The number of nitrogens with zero attached hydrogens (tertiary/aromatic N) is 1. The average molecular weight is 416 g/mol. The lowest BCUT2D eigenvalue weighted by Gasteiger charge is -2.15. The second kappa shape index (κ2) is 8.99. The van der Waals surface area contributed by atoms with Crippen LogP contribution in [0.15, 0.2) is 41.8 Å². The van der Waals surface area contributed by atoms with Crippen LogP contribution in [0.4, 0.5) is 5.13 Å². The van der Waals surface area contributed by atoms with E-state index in [1.165, 1.54) is 29.6 Å².